The Hall–Kier alpha value is -3.37. The zero-order valence-electron chi connectivity index (χ0n) is 18.7. The summed E-state index contributed by atoms with van der Waals surface area (Å²) in [4.78, 5) is 12.1. The first kappa shape index (κ1) is 23.3. The van der Waals surface area contributed by atoms with E-state index in [-0.39, 0.29) is 5.97 Å². The van der Waals surface area contributed by atoms with Gasteiger partial charge in [-0.05, 0) is 54.3 Å². The molecule has 4 heteroatoms. The van der Waals surface area contributed by atoms with Crippen LogP contribution < -0.4 is 4.74 Å². The van der Waals surface area contributed by atoms with E-state index in [9.17, 15) is 4.79 Å². The van der Waals surface area contributed by atoms with Crippen LogP contribution in [0.25, 0.3) is 5.57 Å². The molecule has 0 amide bonds. The number of ether oxygens (including phenoxy) is 3. The van der Waals surface area contributed by atoms with E-state index in [4.69, 9.17) is 14.2 Å². The van der Waals surface area contributed by atoms with Crippen molar-refractivity contribution >= 4 is 11.5 Å². The van der Waals surface area contributed by atoms with Crippen molar-refractivity contribution < 1.29 is 19.0 Å². The van der Waals surface area contributed by atoms with Crippen molar-refractivity contribution in [1.82, 2.24) is 0 Å². The summed E-state index contributed by atoms with van der Waals surface area (Å²) in [6, 6.07) is 28.4. The number of rotatable bonds is 11. The topological polar surface area (TPSA) is 44.8 Å². The molecule has 0 aliphatic carbocycles. The molecule has 3 aromatic carbocycles. The molecule has 0 fully saturated rings. The highest BCUT2D eigenvalue weighted by Gasteiger charge is 2.20. The van der Waals surface area contributed by atoms with Crippen molar-refractivity contribution in [1.29, 1.82) is 0 Å². The first-order valence-electron chi connectivity index (χ1n) is 11.0. The van der Waals surface area contributed by atoms with Crippen LogP contribution in [0.4, 0.5) is 0 Å². The van der Waals surface area contributed by atoms with Crippen LogP contribution in [0.2, 0.25) is 0 Å². The van der Waals surface area contributed by atoms with Crippen molar-refractivity contribution in [2.45, 2.75) is 26.4 Å². The summed E-state index contributed by atoms with van der Waals surface area (Å²) in [7, 11) is 0. The smallest absolute Gasteiger partial charge is 0.335 e. The average molecular weight is 431 g/mol. The van der Waals surface area contributed by atoms with Crippen molar-refractivity contribution in [3.05, 3.63) is 108 Å². The molecule has 0 aliphatic rings. The largest absolute Gasteiger partial charge is 0.490 e. The fourth-order valence-electron chi connectivity index (χ4n) is 3.44. The van der Waals surface area contributed by atoms with E-state index in [1.54, 1.807) is 6.92 Å². The van der Waals surface area contributed by atoms with Gasteiger partial charge in [0.1, 0.15) is 12.4 Å². The summed E-state index contributed by atoms with van der Waals surface area (Å²) in [6.45, 7) is 4.92. The van der Waals surface area contributed by atoms with Gasteiger partial charge >= 0.3 is 5.97 Å². The Labute approximate surface area is 190 Å². The third-order valence-corrected chi connectivity index (χ3v) is 4.97. The van der Waals surface area contributed by atoms with Gasteiger partial charge in [-0.2, -0.15) is 0 Å². The summed E-state index contributed by atoms with van der Waals surface area (Å²) in [6.07, 6.45) is 1.98. The van der Waals surface area contributed by atoms with Crippen molar-refractivity contribution in [3.63, 3.8) is 0 Å². The number of benzene rings is 3. The highest BCUT2D eigenvalue weighted by atomic mass is 16.6. The second kappa shape index (κ2) is 12.5. The quantitative estimate of drug-likeness (QED) is 0.366. The van der Waals surface area contributed by atoms with Gasteiger partial charge in [0, 0.05) is 13.0 Å². The van der Waals surface area contributed by atoms with E-state index in [1.807, 2.05) is 67.6 Å². The minimum absolute atomic E-state index is 0.325. The van der Waals surface area contributed by atoms with Crippen molar-refractivity contribution in [2.75, 3.05) is 19.8 Å². The van der Waals surface area contributed by atoms with E-state index in [2.05, 4.69) is 30.3 Å². The third-order valence-electron chi connectivity index (χ3n) is 4.97. The number of carbonyl (C=O) groups excluding carboxylic acids is 1. The maximum absolute atomic E-state index is 12.1. The van der Waals surface area contributed by atoms with Gasteiger partial charge < -0.3 is 14.2 Å². The first-order chi connectivity index (χ1) is 15.7. The number of hydrogen-bond acceptors (Lipinski definition) is 4. The molecule has 0 heterocycles. The molecule has 0 radical (unpaired) electrons. The molecule has 4 nitrogen and oxygen atoms in total. The van der Waals surface area contributed by atoms with Crippen LogP contribution in [-0.2, 0) is 20.7 Å². The molecule has 0 spiro atoms. The summed E-state index contributed by atoms with van der Waals surface area (Å²) < 4.78 is 16.6. The molecular weight excluding hydrogens is 400 g/mol. The van der Waals surface area contributed by atoms with Gasteiger partial charge in [-0.15, -0.1) is 0 Å². The second-order valence-corrected chi connectivity index (χ2v) is 7.20. The summed E-state index contributed by atoms with van der Waals surface area (Å²) in [5.41, 5.74) is 4.43. The van der Waals surface area contributed by atoms with Crippen molar-refractivity contribution in [2.24, 2.45) is 0 Å². The van der Waals surface area contributed by atoms with Crippen LogP contribution in [0.5, 0.6) is 5.75 Å². The molecule has 3 aromatic rings. The summed E-state index contributed by atoms with van der Waals surface area (Å²) in [5.74, 6) is 0.448. The highest BCUT2D eigenvalue weighted by molar-refractivity contribution is 5.79. The molecule has 0 aliphatic heterocycles. The molecule has 0 saturated heterocycles. The maximum atomic E-state index is 12.1. The Morgan fingerprint density at radius 2 is 1.41 bits per heavy atom. The number of hydrogen-bond donors (Lipinski definition) is 0. The fraction of sp³-hybridized carbons (Fsp3) is 0.250. The normalized spacial score (nSPS) is 11.4. The van der Waals surface area contributed by atoms with Gasteiger partial charge in [0.15, 0.2) is 6.10 Å². The van der Waals surface area contributed by atoms with Gasteiger partial charge in [0.2, 0.25) is 0 Å². The predicted octanol–water partition coefficient (Wildman–Crippen LogP) is 5.71. The Morgan fingerprint density at radius 3 is 1.94 bits per heavy atom. The van der Waals surface area contributed by atoms with Crippen molar-refractivity contribution in [3.8, 4) is 5.75 Å². The monoisotopic (exact) mass is 430 g/mol. The summed E-state index contributed by atoms with van der Waals surface area (Å²) in [5, 5.41) is 0. The van der Waals surface area contributed by atoms with Gasteiger partial charge in [0.05, 0.1) is 6.61 Å². The molecule has 0 bridgehead atoms. The molecule has 0 aromatic heterocycles. The molecule has 0 saturated carbocycles. The predicted molar refractivity (Wildman–Crippen MR) is 128 cm³/mol. The van der Waals surface area contributed by atoms with E-state index in [0.717, 1.165) is 28.0 Å². The number of carbonyl (C=O) groups is 1. The van der Waals surface area contributed by atoms with E-state index >= 15 is 0 Å². The second-order valence-electron chi connectivity index (χ2n) is 7.20. The molecule has 166 valence electrons. The van der Waals surface area contributed by atoms with Crippen LogP contribution in [-0.4, -0.2) is 31.9 Å². The Bertz CT molecular complexity index is 937. The molecule has 3 rings (SSSR count). The Morgan fingerprint density at radius 1 is 0.812 bits per heavy atom. The standard InChI is InChI=1S/C28H30O4/c1-3-30-27(28(29)31-4-2)21-22-15-17-25(18-16-22)32-20-19-26(23-11-7-5-8-12-23)24-13-9-6-10-14-24/h5-19,27H,3-4,20-21H2,1-2H3/t27-/m0/s1. The SMILES string of the molecule is CCOC(=O)[C@H](Cc1ccc(OCC=C(c2ccccc2)c2ccccc2)cc1)OCC. The average Bonchev–Trinajstić information content (AvgIpc) is 2.84. The van der Waals surface area contributed by atoms with Crippen LogP contribution in [0.1, 0.15) is 30.5 Å². The summed E-state index contributed by atoms with van der Waals surface area (Å²) >= 11 is 0. The van der Waals surface area contributed by atoms with Gasteiger partial charge in [-0.1, -0.05) is 72.8 Å². The molecule has 0 N–H and O–H groups in total. The van der Waals surface area contributed by atoms with Gasteiger partial charge in [0.25, 0.3) is 0 Å². The van der Waals surface area contributed by atoms with Crippen LogP contribution >= 0.6 is 0 Å². The van der Waals surface area contributed by atoms with Gasteiger partial charge in [-0.3, -0.25) is 0 Å². The van der Waals surface area contributed by atoms with Crippen LogP contribution in [0, 0.1) is 0 Å². The lowest BCUT2D eigenvalue weighted by Crippen LogP contribution is -2.28. The van der Waals surface area contributed by atoms with E-state index in [1.165, 1.54) is 0 Å². The lowest BCUT2D eigenvalue weighted by Gasteiger charge is -2.15. The first-order valence-corrected chi connectivity index (χ1v) is 11.0. The van der Waals surface area contributed by atoms with Gasteiger partial charge in [-0.25, -0.2) is 4.79 Å². The molecule has 0 unspecified atom stereocenters. The minimum Gasteiger partial charge on any atom is -0.490 e. The molecule has 32 heavy (non-hydrogen) atoms. The molecular formula is C28H30O4. The maximum Gasteiger partial charge on any atom is 0.335 e. The zero-order valence-corrected chi connectivity index (χ0v) is 18.7. The van der Waals surface area contributed by atoms with Crippen LogP contribution in [0.15, 0.2) is 91.0 Å². The third kappa shape index (κ3) is 6.82. The molecule has 1 atom stereocenters. The highest BCUT2D eigenvalue weighted by Crippen LogP contribution is 2.23. The lowest BCUT2D eigenvalue weighted by molar-refractivity contribution is -0.156. The lowest BCUT2D eigenvalue weighted by atomic mass is 9.98. The fourth-order valence-corrected chi connectivity index (χ4v) is 3.44. The van der Waals surface area contributed by atoms with E-state index in [0.29, 0.717) is 26.2 Å². The van der Waals surface area contributed by atoms with Crippen LogP contribution in [0.3, 0.4) is 0 Å². The number of esters is 1. The Balaban J connectivity index is 1.65. The van der Waals surface area contributed by atoms with E-state index < -0.39 is 6.10 Å². The zero-order chi connectivity index (χ0) is 22.6. The minimum atomic E-state index is -0.589. The Kier molecular flexibility index (Phi) is 9.08.